The van der Waals surface area contributed by atoms with E-state index in [1.807, 2.05) is 0 Å². The highest BCUT2D eigenvalue weighted by Gasteiger charge is 2.38. The molecule has 29 heavy (non-hydrogen) atoms. The van der Waals surface area contributed by atoms with Gasteiger partial charge in [0, 0.05) is 12.6 Å². The Morgan fingerprint density at radius 1 is 1.07 bits per heavy atom. The summed E-state index contributed by atoms with van der Waals surface area (Å²) < 4.78 is 79.2. The minimum atomic E-state index is -4.95. The number of alkyl halides is 6. The maximum atomic E-state index is 13.0. The predicted molar refractivity (Wildman–Crippen MR) is 102 cm³/mol. The SMILES string of the molecule is C[C@H](NCC1=C(Br)CCC(C)(C)C1)[C@H](O)c1cc(C(F)(F)F)cc(C(F)(F)F)c1. The molecule has 0 heterocycles. The number of allylic oxidation sites excluding steroid dienone is 1. The average Bonchev–Trinajstić information content (AvgIpc) is 2.59. The molecule has 0 spiro atoms. The summed E-state index contributed by atoms with van der Waals surface area (Å²) in [6.07, 6.45) is -8.74. The van der Waals surface area contributed by atoms with Crippen molar-refractivity contribution in [3.05, 3.63) is 44.9 Å². The zero-order chi connectivity index (χ0) is 22.2. The molecule has 0 aliphatic heterocycles. The number of hydrogen-bond acceptors (Lipinski definition) is 2. The molecule has 0 fully saturated rings. The molecule has 0 saturated heterocycles. The van der Waals surface area contributed by atoms with E-state index in [-0.39, 0.29) is 11.5 Å². The second-order valence-corrected chi connectivity index (χ2v) is 9.26. The number of rotatable bonds is 5. The molecule has 1 aliphatic carbocycles. The number of halogens is 7. The normalized spacial score (nSPS) is 20.0. The van der Waals surface area contributed by atoms with Crippen LogP contribution in [-0.4, -0.2) is 17.7 Å². The van der Waals surface area contributed by atoms with Gasteiger partial charge < -0.3 is 10.4 Å². The second-order valence-electron chi connectivity index (χ2n) is 8.30. The lowest BCUT2D eigenvalue weighted by Crippen LogP contribution is -2.35. The topological polar surface area (TPSA) is 32.3 Å². The number of aliphatic hydroxyl groups is 1. The van der Waals surface area contributed by atoms with Crippen LogP contribution >= 0.6 is 15.9 Å². The summed E-state index contributed by atoms with van der Waals surface area (Å²) in [6, 6.07) is 0.436. The summed E-state index contributed by atoms with van der Waals surface area (Å²) in [7, 11) is 0. The van der Waals surface area contributed by atoms with Gasteiger partial charge in [0.25, 0.3) is 0 Å². The summed E-state index contributed by atoms with van der Waals surface area (Å²) in [5.41, 5.74) is -2.11. The smallest absolute Gasteiger partial charge is 0.387 e. The highest BCUT2D eigenvalue weighted by Crippen LogP contribution is 2.41. The molecular formula is C20H24BrF6NO. The van der Waals surface area contributed by atoms with Crippen molar-refractivity contribution in [3.8, 4) is 0 Å². The van der Waals surface area contributed by atoms with E-state index in [9.17, 15) is 31.4 Å². The monoisotopic (exact) mass is 487 g/mol. The third-order valence-corrected chi connectivity index (χ3v) is 6.12. The van der Waals surface area contributed by atoms with Crippen molar-refractivity contribution in [2.24, 2.45) is 5.41 Å². The molecule has 0 saturated carbocycles. The standard InChI is InChI=1S/C20H24BrF6NO/c1-11(28-10-13-9-18(2,3)5-4-16(13)21)17(29)12-6-14(19(22,23)24)8-15(7-12)20(25,26)27/h6-8,11,17,28-29H,4-5,9-10H2,1-3H3/t11-,17-/m0/s1. The van der Waals surface area contributed by atoms with Crippen molar-refractivity contribution < 1.29 is 31.4 Å². The van der Waals surface area contributed by atoms with Gasteiger partial charge in [-0.05, 0) is 65.4 Å². The van der Waals surface area contributed by atoms with Gasteiger partial charge in [-0.15, -0.1) is 0 Å². The van der Waals surface area contributed by atoms with Crippen LogP contribution in [0.2, 0.25) is 0 Å². The Kier molecular flexibility index (Phi) is 7.17. The van der Waals surface area contributed by atoms with Gasteiger partial charge in [0.1, 0.15) is 0 Å². The predicted octanol–water partition coefficient (Wildman–Crippen LogP) is 6.59. The molecule has 2 N–H and O–H groups in total. The van der Waals surface area contributed by atoms with Gasteiger partial charge >= 0.3 is 12.4 Å². The largest absolute Gasteiger partial charge is 0.416 e. The molecule has 1 aromatic carbocycles. The summed E-state index contributed by atoms with van der Waals surface area (Å²) >= 11 is 3.53. The molecule has 0 aromatic heterocycles. The Morgan fingerprint density at radius 2 is 1.59 bits per heavy atom. The van der Waals surface area contributed by atoms with Crippen molar-refractivity contribution in [2.75, 3.05) is 6.54 Å². The van der Waals surface area contributed by atoms with Gasteiger partial charge in [-0.3, -0.25) is 0 Å². The van der Waals surface area contributed by atoms with E-state index < -0.39 is 41.2 Å². The Bertz CT molecular complexity index is 737. The van der Waals surface area contributed by atoms with E-state index in [1.165, 1.54) is 6.92 Å². The maximum Gasteiger partial charge on any atom is 0.416 e. The first kappa shape index (κ1) is 24.2. The van der Waals surface area contributed by atoms with Crippen LogP contribution in [0.25, 0.3) is 0 Å². The lowest BCUT2D eigenvalue weighted by Gasteiger charge is -2.32. The van der Waals surface area contributed by atoms with Crippen molar-refractivity contribution in [1.29, 1.82) is 0 Å². The fraction of sp³-hybridized carbons (Fsp3) is 0.600. The fourth-order valence-electron chi connectivity index (χ4n) is 3.38. The number of aliphatic hydroxyl groups excluding tert-OH is 1. The molecule has 0 radical (unpaired) electrons. The van der Waals surface area contributed by atoms with Crippen molar-refractivity contribution >= 4 is 15.9 Å². The summed E-state index contributed by atoms with van der Waals surface area (Å²) in [4.78, 5) is 0. The Morgan fingerprint density at radius 3 is 2.07 bits per heavy atom. The third kappa shape index (κ3) is 6.46. The third-order valence-electron chi connectivity index (χ3n) is 5.16. The van der Waals surface area contributed by atoms with Gasteiger partial charge in [-0.2, -0.15) is 26.3 Å². The minimum absolute atomic E-state index is 0.0559. The molecule has 0 amide bonds. The van der Waals surface area contributed by atoms with Crippen molar-refractivity contribution in [3.63, 3.8) is 0 Å². The fourth-order valence-corrected chi connectivity index (χ4v) is 3.86. The van der Waals surface area contributed by atoms with E-state index in [4.69, 9.17) is 0 Å². The molecule has 2 rings (SSSR count). The number of hydrogen-bond donors (Lipinski definition) is 2. The van der Waals surface area contributed by atoms with Crippen LogP contribution in [0.4, 0.5) is 26.3 Å². The highest BCUT2D eigenvalue weighted by atomic mass is 79.9. The van der Waals surface area contributed by atoms with Crippen molar-refractivity contribution in [2.45, 2.75) is 64.5 Å². The Hall–Kier alpha value is -1.06. The van der Waals surface area contributed by atoms with Gasteiger partial charge in [0.15, 0.2) is 0 Å². The van der Waals surface area contributed by atoms with Gasteiger partial charge in [0.2, 0.25) is 0 Å². The first-order chi connectivity index (χ1) is 13.1. The molecular weight excluding hydrogens is 464 g/mol. The summed E-state index contributed by atoms with van der Waals surface area (Å²) in [6.45, 7) is 6.17. The molecule has 0 unspecified atom stereocenters. The van der Waals surface area contributed by atoms with Crippen LogP contribution in [0, 0.1) is 5.41 Å². The van der Waals surface area contributed by atoms with Crippen LogP contribution in [-0.2, 0) is 12.4 Å². The molecule has 1 aromatic rings. The van der Waals surface area contributed by atoms with Gasteiger partial charge in [-0.25, -0.2) is 0 Å². The minimum Gasteiger partial charge on any atom is -0.387 e. The Balaban J connectivity index is 2.21. The first-order valence-corrected chi connectivity index (χ1v) is 9.97. The molecule has 2 nitrogen and oxygen atoms in total. The molecule has 0 bridgehead atoms. The van der Waals surface area contributed by atoms with E-state index in [0.717, 1.165) is 29.3 Å². The molecule has 164 valence electrons. The summed E-state index contributed by atoms with van der Waals surface area (Å²) in [5, 5.41) is 13.5. The summed E-state index contributed by atoms with van der Waals surface area (Å²) in [5.74, 6) is 0. The molecule has 2 atom stereocenters. The van der Waals surface area contributed by atoms with Crippen LogP contribution in [0.15, 0.2) is 28.3 Å². The first-order valence-electron chi connectivity index (χ1n) is 9.17. The van der Waals surface area contributed by atoms with Crippen LogP contribution in [0.1, 0.15) is 62.8 Å². The second kappa shape index (κ2) is 8.59. The number of benzene rings is 1. The van der Waals surface area contributed by atoms with Gasteiger partial charge in [0.05, 0.1) is 17.2 Å². The van der Waals surface area contributed by atoms with Crippen molar-refractivity contribution in [1.82, 2.24) is 5.32 Å². The zero-order valence-electron chi connectivity index (χ0n) is 16.3. The van der Waals surface area contributed by atoms with Crippen LogP contribution in [0.3, 0.4) is 0 Å². The van der Waals surface area contributed by atoms with E-state index in [2.05, 4.69) is 35.1 Å². The van der Waals surface area contributed by atoms with E-state index in [1.54, 1.807) is 0 Å². The maximum absolute atomic E-state index is 13.0. The number of nitrogens with one attached hydrogen (secondary N) is 1. The highest BCUT2D eigenvalue weighted by molar-refractivity contribution is 9.11. The molecule has 1 aliphatic rings. The van der Waals surface area contributed by atoms with Crippen LogP contribution in [0.5, 0.6) is 0 Å². The van der Waals surface area contributed by atoms with Crippen LogP contribution < -0.4 is 5.32 Å². The lowest BCUT2D eigenvalue weighted by atomic mass is 9.77. The Labute approximate surface area is 174 Å². The average molecular weight is 488 g/mol. The van der Waals surface area contributed by atoms with Gasteiger partial charge in [-0.1, -0.05) is 29.8 Å². The molecule has 9 heteroatoms. The van der Waals surface area contributed by atoms with E-state index in [0.29, 0.717) is 18.7 Å². The quantitative estimate of drug-likeness (QED) is 0.458. The van der Waals surface area contributed by atoms with E-state index >= 15 is 0 Å². The lowest BCUT2D eigenvalue weighted by molar-refractivity contribution is -0.143. The zero-order valence-corrected chi connectivity index (χ0v) is 17.9.